The number of rotatable bonds is 3. The zero-order chi connectivity index (χ0) is 14.0. The van der Waals surface area contributed by atoms with Gasteiger partial charge in [-0.2, -0.15) is 0 Å². The molecule has 0 aliphatic heterocycles. The van der Waals surface area contributed by atoms with Gasteiger partial charge in [-0.1, -0.05) is 0 Å². The number of carbonyl (C=O) groups is 2. The van der Waals surface area contributed by atoms with Crippen molar-refractivity contribution in [1.82, 2.24) is 9.38 Å². The van der Waals surface area contributed by atoms with Gasteiger partial charge in [-0.3, -0.25) is 0 Å². The largest absolute Gasteiger partial charge is 0.464 e. The molecule has 0 aliphatic carbocycles. The van der Waals surface area contributed by atoms with Crippen molar-refractivity contribution in [2.24, 2.45) is 0 Å². The summed E-state index contributed by atoms with van der Waals surface area (Å²) in [4.78, 5) is 27.5. The Balaban J connectivity index is 2.59. The van der Waals surface area contributed by atoms with Gasteiger partial charge >= 0.3 is 11.9 Å². The van der Waals surface area contributed by atoms with E-state index in [9.17, 15) is 9.59 Å². The normalized spacial score (nSPS) is 10.5. The Morgan fingerprint density at radius 3 is 2.74 bits per heavy atom. The van der Waals surface area contributed by atoms with Gasteiger partial charge in [0.25, 0.3) is 0 Å². The first-order valence-electron chi connectivity index (χ1n) is 5.82. The number of carbonyl (C=O) groups excluding carboxylic acids is 2. The SMILES string of the molecule is CCOC(=O)c1ccn2c(C)cc(C(=O)OC)nc12. The van der Waals surface area contributed by atoms with Crippen LogP contribution in [0.5, 0.6) is 0 Å². The molecule has 0 radical (unpaired) electrons. The first kappa shape index (κ1) is 13.1. The summed E-state index contributed by atoms with van der Waals surface area (Å²) in [6.07, 6.45) is 1.71. The average molecular weight is 262 g/mol. The molecule has 100 valence electrons. The van der Waals surface area contributed by atoms with Crippen molar-refractivity contribution in [1.29, 1.82) is 0 Å². The highest BCUT2D eigenvalue weighted by Gasteiger charge is 2.17. The summed E-state index contributed by atoms with van der Waals surface area (Å²) < 4.78 is 11.3. The van der Waals surface area contributed by atoms with Gasteiger partial charge in [0.1, 0.15) is 5.56 Å². The van der Waals surface area contributed by atoms with Gasteiger partial charge in [-0.05, 0) is 26.0 Å². The molecule has 0 saturated heterocycles. The molecule has 0 aromatic carbocycles. The molecule has 0 spiro atoms. The average Bonchev–Trinajstić information content (AvgIpc) is 2.82. The Labute approximate surface area is 110 Å². The van der Waals surface area contributed by atoms with Crippen LogP contribution < -0.4 is 0 Å². The number of ether oxygens (including phenoxy) is 2. The summed E-state index contributed by atoms with van der Waals surface area (Å²) in [6.45, 7) is 3.83. The molecule has 19 heavy (non-hydrogen) atoms. The molecule has 6 heteroatoms. The molecule has 6 nitrogen and oxygen atoms in total. The molecule has 0 fully saturated rings. The summed E-state index contributed by atoms with van der Waals surface area (Å²) in [5.74, 6) is -1.000. The highest BCUT2D eigenvalue weighted by atomic mass is 16.5. The van der Waals surface area contributed by atoms with Crippen LogP contribution in [0.4, 0.5) is 0 Å². The Morgan fingerprint density at radius 1 is 1.37 bits per heavy atom. The number of hydrogen-bond acceptors (Lipinski definition) is 5. The predicted molar refractivity (Wildman–Crippen MR) is 67.2 cm³/mol. The van der Waals surface area contributed by atoms with Crippen molar-refractivity contribution in [2.75, 3.05) is 13.7 Å². The zero-order valence-corrected chi connectivity index (χ0v) is 11.0. The first-order chi connectivity index (χ1) is 9.08. The van der Waals surface area contributed by atoms with E-state index >= 15 is 0 Å². The van der Waals surface area contributed by atoms with E-state index in [1.54, 1.807) is 29.7 Å². The predicted octanol–water partition coefficient (Wildman–Crippen LogP) is 1.61. The monoisotopic (exact) mass is 262 g/mol. The summed E-state index contributed by atoms with van der Waals surface area (Å²) in [5.41, 5.74) is 1.66. The van der Waals surface area contributed by atoms with Crippen molar-refractivity contribution in [2.45, 2.75) is 13.8 Å². The van der Waals surface area contributed by atoms with Crippen LogP contribution in [0.2, 0.25) is 0 Å². The second-order valence-corrected chi connectivity index (χ2v) is 3.92. The lowest BCUT2D eigenvalue weighted by Crippen LogP contribution is -2.10. The van der Waals surface area contributed by atoms with Gasteiger partial charge in [-0.15, -0.1) is 0 Å². The zero-order valence-electron chi connectivity index (χ0n) is 11.0. The Bertz CT molecular complexity index is 645. The van der Waals surface area contributed by atoms with Crippen LogP contribution in [-0.2, 0) is 9.47 Å². The standard InChI is InChI=1S/C13H14N2O4/c1-4-19-12(16)9-5-6-15-8(2)7-10(13(17)18-3)14-11(9)15/h5-7H,4H2,1-3H3. The fourth-order valence-electron chi connectivity index (χ4n) is 1.81. The minimum atomic E-state index is -0.540. The van der Waals surface area contributed by atoms with Gasteiger partial charge in [0.05, 0.1) is 13.7 Å². The number of methoxy groups -OCH3 is 1. The molecule has 2 heterocycles. The van der Waals surface area contributed by atoms with Crippen molar-refractivity contribution < 1.29 is 19.1 Å². The molecule has 2 rings (SSSR count). The molecular formula is C13H14N2O4. The molecule has 0 unspecified atom stereocenters. The Kier molecular flexibility index (Phi) is 3.50. The number of nitrogens with zero attached hydrogens (tertiary/aromatic N) is 2. The molecular weight excluding hydrogens is 248 g/mol. The van der Waals surface area contributed by atoms with E-state index in [0.717, 1.165) is 5.69 Å². The summed E-state index contributed by atoms with van der Waals surface area (Å²) in [7, 11) is 1.29. The van der Waals surface area contributed by atoms with Crippen molar-refractivity contribution in [3.63, 3.8) is 0 Å². The maximum Gasteiger partial charge on any atom is 0.356 e. The molecule has 2 aromatic rings. The first-order valence-corrected chi connectivity index (χ1v) is 5.82. The van der Waals surface area contributed by atoms with E-state index < -0.39 is 11.9 Å². The third-order valence-electron chi connectivity index (χ3n) is 2.70. The molecule has 0 aliphatic rings. The van der Waals surface area contributed by atoms with E-state index in [0.29, 0.717) is 11.2 Å². The summed E-state index contributed by atoms with van der Waals surface area (Å²) in [6, 6.07) is 3.22. The summed E-state index contributed by atoms with van der Waals surface area (Å²) >= 11 is 0. The second kappa shape index (κ2) is 5.09. The molecule has 0 N–H and O–H groups in total. The van der Waals surface area contributed by atoms with Crippen LogP contribution in [0, 0.1) is 6.92 Å². The van der Waals surface area contributed by atoms with Crippen LogP contribution in [-0.4, -0.2) is 35.0 Å². The van der Waals surface area contributed by atoms with Crippen molar-refractivity contribution in [3.05, 3.63) is 35.3 Å². The van der Waals surface area contributed by atoms with Gasteiger partial charge in [-0.25, -0.2) is 14.6 Å². The molecule has 0 amide bonds. The fourth-order valence-corrected chi connectivity index (χ4v) is 1.81. The molecule has 0 saturated carbocycles. The van der Waals surface area contributed by atoms with Crippen LogP contribution in [0.25, 0.3) is 5.65 Å². The number of esters is 2. The van der Waals surface area contributed by atoms with E-state index in [1.807, 2.05) is 6.92 Å². The van der Waals surface area contributed by atoms with Gasteiger partial charge in [0, 0.05) is 11.9 Å². The fraction of sp³-hybridized carbons (Fsp3) is 0.308. The highest BCUT2D eigenvalue weighted by Crippen LogP contribution is 2.15. The topological polar surface area (TPSA) is 69.9 Å². The van der Waals surface area contributed by atoms with E-state index in [4.69, 9.17) is 4.74 Å². The lowest BCUT2D eigenvalue weighted by molar-refractivity contribution is 0.0526. The number of aromatic nitrogens is 2. The van der Waals surface area contributed by atoms with Gasteiger partial charge < -0.3 is 13.9 Å². The van der Waals surface area contributed by atoms with E-state index in [2.05, 4.69) is 9.72 Å². The van der Waals surface area contributed by atoms with Gasteiger partial charge in [0.15, 0.2) is 11.3 Å². The van der Waals surface area contributed by atoms with Crippen molar-refractivity contribution >= 4 is 17.6 Å². The third-order valence-corrected chi connectivity index (χ3v) is 2.70. The number of fused-ring (bicyclic) bond motifs is 1. The van der Waals surface area contributed by atoms with Crippen molar-refractivity contribution in [3.8, 4) is 0 Å². The third kappa shape index (κ3) is 2.29. The number of hydrogen-bond donors (Lipinski definition) is 0. The Morgan fingerprint density at radius 2 is 2.11 bits per heavy atom. The maximum absolute atomic E-state index is 11.8. The smallest absolute Gasteiger partial charge is 0.356 e. The van der Waals surface area contributed by atoms with Crippen LogP contribution in [0.1, 0.15) is 33.5 Å². The minimum absolute atomic E-state index is 0.164. The highest BCUT2D eigenvalue weighted by molar-refractivity contribution is 5.97. The quantitative estimate of drug-likeness (QED) is 0.786. The molecule has 2 aromatic heterocycles. The molecule has 0 bridgehead atoms. The van der Waals surface area contributed by atoms with Crippen LogP contribution in [0.3, 0.4) is 0 Å². The lowest BCUT2D eigenvalue weighted by atomic mass is 10.3. The number of aryl methyl sites for hydroxylation is 1. The van der Waals surface area contributed by atoms with E-state index in [1.165, 1.54) is 7.11 Å². The molecule has 0 atom stereocenters. The van der Waals surface area contributed by atoms with Crippen LogP contribution in [0.15, 0.2) is 18.3 Å². The second-order valence-electron chi connectivity index (χ2n) is 3.92. The maximum atomic E-state index is 11.8. The lowest BCUT2D eigenvalue weighted by Gasteiger charge is -2.05. The summed E-state index contributed by atoms with van der Waals surface area (Å²) in [5, 5.41) is 0. The van der Waals surface area contributed by atoms with Crippen LogP contribution >= 0.6 is 0 Å². The van der Waals surface area contributed by atoms with E-state index in [-0.39, 0.29) is 12.3 Å². The van der Waals surface area contributed by atoms with Gasteiger partial charge in [0.2, 0.25) is 0 Å². The minimum Gasteiger partial charge on any atom is -0.464 e. The Hall–Kier alpha value is -2.37.